The molecule has 2 aliphatic carbocycles. The molecule has 0 radical (unpaired) electrons. The van der Waals surface area contributed by atoms with E-state index in [2.05, 4.69) is 6.92 Å². The molecule has 1 aromatic rings. The van der Waals surface area contributed by atoms with E-state index < -0.39 is 5.97 Å². The fraction of sp³-hybridized carbons (Fsp3) is 0.731. The lowest BCUT2D eigenvalue weighted by molar-refractivity contribution is 0.0697. The van der Waals surface area contributed by atoms with E-state index in [1.54, 1.807) is 12.1 Å². The first-order chi connectivity index (χ1) is 13.7. The van der Waals surface area contributed by atoms with E-state index in [-0.39, 0.29) is 0 Å². The second kappa shape index (κ2) is 11.0. The van der Waals surface area contributed by atoms with Crippen LogP contribution in [0.15, 0.2) is 24.3 Å². The van der Waals surface area contributed by atoms with Gasteiger partial charge in [0.15, 0.2) is 0 Å². The summed E-state index contributed by atoms with van der Waals surface area (Å²) in [5.41, 5.74) is 1.74. The van der Waals surface area contributed by atoms with E-state index >= 15 is 0 Å². The highest BCUT2D eigenvalue weighted by molar-refractivity contribution is 5.87. The van der Waals surface area contributed by atoms with E-state index in [0.717, 1.165) is 17.8 Å². The summed E-state index contributed by atoms with van der Waals surface area (Å²) in [5.74, 6) is 2.77. The summed E-state index contributed by atoms with van der Waals surface area (Å²) in [4.78, 5) is 11.0. The van der Waals surface area contributed by atoms with Gasteiger partial charge >= 0.3 is 5.97 Å². The SMILES string of the molecule is CCCCC[C@H]1CC[C@H](CC[C@H]2CC[C@H](c3ccc(C(=O)O)cc3)CC2)CC1. The van der Waals surface area contributed by atoms with Gasteiger partial charge in [-0.2, -0.15) is 0 Å². The summed E-state index contributed by atoms with van der Waals surface area (Å²) < 4.78 is 0. The van der Waals surface area contributed by atoms with Crippen molar-refractivity contribution in [1.29, 1.82) is 0 Å². The maximum atomic E-state index is 11.0. The zero-order valence-corrected chi connectivity index (χ0v) is 17.9. The van der Waals surface area contributed by atoms with Crippen LogP contribution in [-0.4, -0.2) is 11.1 Å². The number of hydrogen-bond acceptors (Lipinski definition) is 1. The highest BCUT2D eigenvalue weighted by Crippen LogP contribution is 2.40. The molecule has 0 bridgehead atoms. The fourth-order valence-electron chi connectivity index (χ4n) is 5.65. The number of carboxylic acids is 1. The summed E-state index contributed by atoms with van der Waals surface area (Å²) in [6, 6.07) is 7.60. The van der Waals surface area contributed by atoms with Crippen LogP contribution in [0.1, 0.15) is 119 Å². The third-order valence-corrected chi connectivity index (χ3v) is 7.64. The predicted octanol–water partition coefficient (Wildman–Crippen LogP) is 7.83. The minimum absolute atomic E-state index is 0.400. The van der Waals surface area contributed by atoms with Crippen molar-refractivity contribution in [2.24, 2.45) is 17.8 Å². The molecule has 0 heterocycles. The van der Waals surface area contributed by atoms with Crippen LogP contribution >= 0.6 is 0 Å². The molecule has 1 N–H and O–H groups in total. The van der Waals surface area contributed by atoms with Gasteiger partial charge in [-0.1, -0.05) is 83.3 Å². The molecule has 0 atom stereocenters. The quantitative estimate of drug-likeness (QED) is 0.440. The first-order valence-electron chi connectivity index (χ1n) is 12.0. The molecule has 3 rings (SSSR count). The van der Waals surface area contributed by atoms with Crippen molar-refractivity contribution < 1.29 is 9.90 Å². The second-order valence-corrected chi connectivity index (χ2v) is 9.60. The molecule has 0 aromatic heterocycles. The number of unbranched alkanes of at least 4 members (excludes halogenated alkanes) is 2. The van der Waals surface area contributed by atoms with Gasteiger partial charge in [-0.05, 0) is 67.1 Å². The summed E-state index contributed by atoms with van der Waals surface area (Å²) in [7, 11) is 0. The largest absolute Gasteiger partial charge is 0.478 e. The number of hydrogen-bond donors (Lipinski definition) is 1. The minimum atomic E-state index is -0.828. The number of aromatic carboxylic acids is 1. The summed E-state index contributed by atoms with van der Waals surface area (Å²) >= 11 is 0. The van der Waals surface area contributed by atoms with Gasteiger partial charge in [0.2, 0.25) is 0 Å². The van der Waals surface area contributed by atoms with Crippen molar-refractivity contribution in [3.63, 3.8) is 0 Å². The Balaban J connectivity index is 1.32. The topological polar surface area (TPSA) is 37.3 Å². The molecule has 156 valence electrons. The predicted molar refractivity (Wildman–Crippen MR) is 117 cm³/mol. The van der Waals surface area contributed by atoms with Crippen molar-refractivity contribution >= 4 is 5.97 Å². The zero-order chi connectivity index (χ0) is 19.8. The normalized spacial score (nSPS) is 28.2. The standard InChI is InChI=1S/C26H40O2/c1-2-3-4-5-20-6-8-21(9-7-20)10-11-22-12-14-23(15-13-22)24-16-18-25(19-17-24)26(27)28/h16-23H,2-15H2,1H3,(H,27,28)/t20-,21-,22-,23-. The molecule has 1 aromatic carbocycles. The lowest BCUT2D eigenvalue weighted by atomic mass is 9.74. The van der Waals surface area contributed by atoms with Crippen LogP contribution in [-0.2, 0) is 0 Å². The second-order valence-electron chi connectivity index (χ2n) is 9.60. The highest BCUT2D eigenvalue weighted by Gasteiger charge is 2.25. The van der Waals surface area contributed by atoms with Crippen molar-refractivity contribution in [1.82, 2.24) is 0 Å². The van der Waals surface area contributed by atoms with Gasteiger partial charge in [0.25, 0.3) is 0 Å². The number of rotatable bonds is 9. The van der Waals surface area contributed by atoms with E-state index in [9.17, 15) is 4.79 Å². The molecule has 0 saturated heterocycles. The van der Waals surface area contributed by atoms with Crippen LogP contribution in [0.4, 0.5) is 0 Å². The molecule has 0 aliphatic heterocycles. The Bertz CT molecular complexity index is 575. The maximum Gasteiger partial charge on any atom is 0.335 e. The van der Waals surface area contributed by atoms with Gasteiger partial charge in [-0.25, -0.2) is 4.79 Å². The molecule has 0 amide bonds. The molecule has 28 heavy (non-hydrogen) atoms. The van der Waals surface area contributed by atoms with Crippen molar-refractivity contribution in [2.45, 2.75) is 103 Å². The first-order valence-corrected chi connectivity index (χ1v) is 12.0. The van der Waals surface area contributed by atoms with Gasteiger partial charge in [-0.15, -0.1) is 0 Å². The molecule has 2 fully saturated rings. The van der Waals surface area contributed by atoms with Gasteiger partial charge in [0.05, 0.1) is 5.56 Å². The first kappa shape index (κ1) is 21.4. The molecular weight excluding hydrogens is 344 g/mol. The Kier molecular flexibility index (Phi) is 8.43. The van der Waals surface area contributed by atoms with E-state index in [1.165, 1.54) is 95.5 Å². The summed E-state index contributed by atoms with van der Waals surface area (Å²) in [5, 5.41) is 9.05. The van der Waals surface area contributed by atoms with Gasteiger partial charge in [0, 0.05) is 0 Å². The van der Waals surface area contributed by atoms with Gasteiger partial charge < -0.3 is 5.11 Å². The average molecular weight is 385 g/mol. The van der Waals surface area contributed by atoms with Crippen LogP contribution in [0.3, 0.4) is 0 Å². The van der Waals surface area contributed by atoms with Crippen molar-refractivity contribution in [3.8, 4) is 0 Å². The van der Waals surface area contributed by atoms with Crippen LogP contribution in [0.25, 0.3) is 0 Å². The van der Waals surface area contributed by atoms with Crippen LogP contribution < -0.4 is 0 Å². The van der Waals surface area contributed by atoms with E-state index in [1.807, 2.05) is 12.1 Å². The number of benzene rings is 1. The van der Waals surface area contributed by atoms with Crippen molar-refractivity contribution in [2.75, 3.05) is 0 Å². The summed E-state index contributed by atoms with van der Waals surface area (Å²) in [6.07, 6.45) is 19.9. The lowest BCUT2D eigenvalue weighted by Crippen LogP contribution is -2.18. The van der Waals surface area contributed by atoms with E-state index in [4.69, 9.17) is 5.11 Å². The Morgan fingerprint density at radius 1 is 0.786 bits per heavy atom. The molecule has 2 heteroatoms. The third-order valence-electron chi connectivity index (χ3n) is 7.64. The number of carbonyl (C=O) groups is 1. The highest BCUT2D eigenvalue weighted by atomic mass is 16.4. The Labute approximate surface area is 172 Å². The van der Waals surface area contributed by atoms with Crippen LogP contribution in [0.5, 0.6) is 0 Å². The van der Waals surface area contributed by atoms with Crippen LogP contribution in [0, 0.1) is 17.8 Å². The smallest absolute Gasteiger partial charge is 0.335 e. The average Bonchev–Trinajstić information content (AvgIpc) is 2.74. The van der Waals surface area contributed by atoms with Crippen molar-refractivity contribution in [3.05, 3.63) is 35.4 Å². The minimum Gasteiger partial charge on any atom is -0.478 e. The van der Waals surface area contributed by atoms with Gasteiger partial charge in [0.1, 0.15) is 0 Å². The Hall–Kier alpha value is -1.31. The fourth-order valence-corrected chi connectivity index (χ4v) is 5.65. The monoisotopic (exact) mass is 384 g/mol. The molecule has 2 nitrogen and oxygen atoms in total. The zero-order valence-electron chi connectivity index (χ0n) is 17.9. The Morgan fingerprint density at radius 2 is 1.29 bits per heavy atom. The number of carboxylic acid groups (broad SMARTS) is 1. The molecule has 0 unspecified atom stereocenters. The Morgan fingerprint density at radius 3 is 1.79 bits per heavy atom. The van der Waals surface area contributed by atoms with Crippen LogP contribution in [0.2, 0.25) is 0 Å². The molecule has 2 aliphatic rings. The summed E-state index contributed by atoms with van der Waals surface area (Å²) in [6.45, 7) is 2.30. The lowest BCUT2D eigenvalue weighted by Gasteiger charge is -2.32. The molecular formula is C26H40O2. The molecule has 2 saturated carbocycles. The van der Waals surface area contributed by atoms with Gasteiger partial charge in [-0.3, -0.25) is 0 Å². The third kappa shape index (κ3) is 6.36. The van der Waals surface area contributed by atoms with E-state index in [0.29, 0.717) is 11.5 Å². The maximum absolute atomic E-state index is 11.0. The molecule has 0 spiro atoms.